The minimum absolute atomic E-state index is 0.0502. The van der Waals surface area contributed by atoms with Gasteiger partial charge in [0.25, 0.3) is 5.91 Å². The summed E-state index contributed by atoms with van der Waals surface area (Å²) in [5, 5.41) is 21.9. The smallest absolute Gasteiger partial charge is 0.326 e. The van der Waals surface area contributed by atoms with Gasteiger partial charge in [-0.2, -0.15) is 0 Å². The molecular weight excluding hydrogens is 258 g/mol. The van der Waals surface area contributed by atoms with Crippen LogP contribution in [0.5, 0.6) is 0 Å². The van der Waals surface area contributed by atoms with Crippen molar-refractivity contribution >= 4 is 23.2 Å². The van der Waals surface area contributed by atoms with Gasteiger partial charge in [-0.15, -0.1) is 11.3 Å². The number of aliphatic hydroxyl groups is 1. The van der Waals surface area contributed by atoms with Gasteiger partial charge in [0.05, 0.1) is 6.04 Å². The van der Waals surface area contributed by atoms with Gasteiger partial charge in [-0.25, -0.2) is 9.78 Å². The van der Waals surface area contributed by atoms with Gasteiger partial charge in [-0.3, -0.25) is 4.79 Å². The Labute approximate surface area is 108 Å². The van der Waals surface area contributed by atoms with Crippen LogP contribution in [0.15, 0.2) is 5.38 Å². The number of aliphatic carboxylic acids is 1. The first-order valence-electron chi connectivity index (χ1n) is 5.31. The zero-order valence-electron chi connectivity index (χ0n) is 9.79. The molecule has 0 saturated carbocycles. The Balaban J connectivity index is 2.71. The molecule has 1 rings (SSSR count). The molecule has 2 atom stereocenters. The second-order valence-electron chi connectivity index (χ2n) is 3.74. The fourth-order valence-corrected chi connectivity index (χ4v) is 1.98. The summed E-state index contributed by atoms with van der Waals surface area (Å²) in [7, 11) is 0. The summed E-state index contributed by atoms with van der Waals surface area (Å²) >= 11 is 1.24. The van der Waals surface area contributed by atoms with Crippen LogP contribution in [0.1, 0.15) is 34.9 Å². The molecule has 0 radical (unpaired) electrons. The van der Waals surface area contributed by atoms with E-state index < -0.39 is 17.9 Å². The molecule has 0 fully saturated rings. The maximum atomic E-state index is 11.7. The summed E-state index contributed by atoms with van der Waals surface area (Å²) in [6.45, 7) is 1.42. The zero-order valence-corrected chi connectivity index (χ0v) is 10.6. The quantitative estimate of drug-likeness (QED) is 0.565. The number of nitrogens with two attached hydrogens (primary N) is 1. The second kappa shape index (κ2) is 6.43. The number of nitrogens with zero attached hydrogens (tertiary/aromatic N) is 1. The normalized spacial score (nSPS) is 13.9. The molecular formula is C10H15N3O4S. The Morgan fingerprint density at radius 3 is 2.72 bits per heavy atom. The van der Waals surface area contributed by atoms with E-state index in [4.69, 9.17) is 15.9 Å². The maximum Gasteiger partial charge on any atom is 0.326 e. The van der Waals surface area contributed by atoms with E-state index in [0.29, 0.717) is 5.01 Å². The molecule has 0 bridgehead atoms. The third-order valence-corrected chi connectivity index (χ3v) is 3.21. The van der Waals surface area contributed by atoms with Crippen LogP contribution in [0, 0.1) is 0 Å². The topological polar surface area (TPSA) is 126 Å². The van der Waals surface area contributed by atoms with E-state index in [-0.39, 0.29) is 24.8 Å². The number of carboxylic acid groups (broad SMARTS) is 1. The summed E-state index contributed by atoms with van der Waals surface area (Å²) in [6, 6.07) is -1.40. The Hall–Kier alpha value is -1.51. The minimum Gasteiger partial charge on any atom is -0.480 e. The predicted octanol–water partition coefficient (Wildman–Crippen LogP) is -0.272. The van der Waals surface area contributed by atoms with Crippen molar-refractivity contribution in [2.45, 2.75) is 25.4 Å². The van der Waals surface area contributed by atoms with Crippen molar-refractivity contribution in [3.05, 3.63) is 16.1 Å². The van der Waals surface area contributed by atoms with Gasteiger partial charge in [0.2, 0.25) is 0 Å². The van der Waals surface area contributed by atoms with E-state index in [2.05, 4.69) is 10.3 Å². The van der Waals surface area contributed by atoms with Crippen LogP contribution in [0.4, 0.5) is 0 Å². The highest BCUT2D eigenvalue weighted by atomic mass is 32.1. The van der Waals surface area contributed by atoms with Gasteiger partial charge < -0.3 is 21.3 Å². The molecule has 1 aromatic heterocycles. The Bertz CT molecular complexity index is 433. The highest BCUT2D eigenvalue weighted by Gasteiger charge is 2.21. The van der Waals surface area contributed by atoms with Crippen molar-refractivity contribution in [1.29, 1.82) is 0 Å². The number of amides is 1. The number of thiazole rings is 1. The van der Waals surface area contributed by atoms with Gasteiger partial charge in [0, 0.05) is 18.4 Å². The zero-order chi connectivity index (χ0) is 13.7. The monoisotopic (exact) mass is 273 g/mol. The average molecular weight is 273 g/mol. The molecule has 1 amide bonds. The summed E-state index contributed by atoms with van der Waals surface area (Å²) < 4.78 is 0. The van der Waals surface area contributed by atoms with E-state index in [0.717, 1.165) is 0 Å². The molecule has 100 valence electrons. The van der Waals surface area contributed by atoms with Crippen molar-refractivity contribution in [1.82, 2.24) is 10.3 Å². The lowest BCUT2D eigenvalue weighted by atomic mass is 10.2. The molecule has 1 heterocycles. The van der Waals surface area contributed by atoms with Crippen molar-refractivity contribution in [3.63, 3.8) is 0 Å². The number of aliphatic hydroxyl groups excluding tert-OH is 1. The number of hydrogen-bond acceptors (Lipinski definition) is 6. The van der Waals surface area contributed by atoms with Crippen LogP contribution < -0.4 is 11.1 Å². The lowest BCUT2D eigenvalue weighted by Crippen LogP contribution is -2.41. The van der Waals surface area contributed by atoms with Crippen molar-refractivity contribution in [2.75, 3.05) is 6.61 Å². The van der Waals surface area contributed by atoms with E-state index in [9.17, 15) is 9.59 Å². The summed E-state index contributed by atoms with van der Waals surface area (Å²) in [4.78, 5) is 26.5. The first-order chi connectivity index (χ1) is 8.45. The molecule has 2 unspecified atom stereocenters. The molecule has 0 aliphatic rings. The van der Waals surface area contributed by atoms with Crippen LogP contribution in [0.2, 0.25) is 0 Å². The molecule has 0 spiro atoms. The van der Waals surface area contributed by atoms with Crippen LogP contribution >= 0.6 is 11.3 Å². The van der Waals surface area contributed by atoms with E-state index in [1.54, 1.807) is 6.92 Å². The highest BCUT2D eigenvalue weighted by Crippen LogP contribution is 2.15. The van der Waals surface area contributed by atoms with Gasteiger partial charge in [-0.1, -0.05) is 0 Å². The van der Waals surface area contributed by atoms with Crippen molar-refractivity contribution in [3.8, 4) is 0 Å². The molecule has 7 nitrogen and oxygen atoms in total. The third kappa shape index (κ3) is 3.76. The molecule has 8 heteroatoms. The van der Waals surface area contributed by atoms with Crippen LogP contribution in [0.25, 0.3) is 0 Å². The molecule has 0 aliphatic heterocycles. The molecule has 0 saturated heterocycles. The SMILES string of the molecule is CC(N)c1nc(C(=O)NC(CCO)C(=O)O)cs1. The first-order valence-corrected chi connectivity index (χ1v) is 6.19. The van der Waals surface area contributed by atoms with Gasteiger partial charge in [0.1, 0.15) is 16.7 Å². The van der Waals surface area contributed by atoms with Crippen LogP contribution in [0.3, 0.4) is 0 Å². The largest absolute Gasteiger partial charge is 0.480 e. The summed E-state index contributed by atoms with van der Waals surface area (Å²) in [5.41, 5.74) is 5.75. The van der Waals surface area contributed by atoms with Gasteiger partial charge in [0.15, 0.2) is 0 Å². The van der Waals surface area contributed by atoms with Crippen molar-refractivity contribution in [2.24, 2.45) is 5.73 Å². The van der Waals surface area contributed by atoms with Crippen LogP contribution in [-0.2, 0) is 4.79 Å². The van der Waals surface area contributed by atoms with E-state index in [1.165, 1.54) is 16.7 Å². The van der Waals surface area contributed by atoms with E-state index >= 15 is 0 Å². The lowest BCUT2D eigenvalue weighted by Gasteiger charge is -2.11. The standard InChI is InChI=1S/C10H15N3O4S/c1-5(11)9-13-7(4-18-9)8(15)12-6(2-3-14)10(16)17/h4-6,14H,2-3,11H2,1H3,(H,12,15)(H,16,17). The third-order valence-electron chi connectivity index (χ3n) is 2.17. The summed E-state index contributed by atoms with van der Waals surface area (Å²) in [5.74, 6) is -1.78. The maximum absolute atomic E-state index is 11.7. The fraction of sp³-hybridized carbons (Fsp3) is 0.500. The molecule has 0 aromatic carbocycles. The first kappa shape index (κ1) is 14.6. The van der Waals surface area contributed by atoms with E-state index in [1.807, 2.05) is 0 Å². The average Bonchev–Trinajstić information content (AvgIpc) is 2.77. The molecule has 1 aromatic rings. The number of carboxylic acids is 1. The predicted molar refractivity (Wildman–Crippen MR) is 65.3 cm³/mol. The minimum atomic E-state index is -1.19. The number of rotatable bonds is 6. The van der Waals surface area contributed by atoms with Crippen molar-refractivity contribution < 1.29 is 19.8 Å². The summed E-state index contributed by atoms with van der Waals surface area (Å²) in [6.07, 6.45) is -0.0502. The Kier molecular flexibility index (Phi) is 5.20. The van der Waals surface area contributed by atoms with Gasteiger partial charge in [-0.05, 0) is 6.92 Å². The number of nitrogens with one attached hydrogen (secondary N) is 1. The van der Waals surface area contributed by atoms with Gasteiger partial charge >= 0.3 is 5.97 Å². The molecule has 18 heavy (non-hydrogen) atoms. The second-order valence-corrected chi connectivity index (χ2v) is 4.63. The number of aromatic nitrogens is 1. The Morgan fingerprint density at radius 1 is 1.61 bits per heavy atom. The number of carbonyl (C=O) groups excluding carboxylic acids is 1. The molecule has 0 aliphatic carbocycles. The lowest BCUT2D eigenvalue weighted by molar-refractivity contribution is -0.139. The molecule has 5 N–H and O–H groups in total. The number of carbonyl (C=O) groups is 2. The number of hydrogen-bond donors (Lipinski definition) is 4. The Morgan fingerprint density at radius 2 is 2.28 bits per heavy atom. The highest BCUT2D eigenvalue weighted by molar-refractivity contribution is 7.09. The van der Waals surface area contributed by atoms with Crippen LogP contribution in [-0.4, -0.2) is 39.7 Å². The fourth-order valence-electron chi connectivity index (χ4n) is 1.22.